The largest absolute Gasteiger partial charge is 0.494 e. The maximum Gasteiger partial charge on any atom is 0.223 e. The Morgan fingerprint density at radius 2 is 1.86 bits per heavy atom. The van der Waals surface area contributed by atoms with E-state index in [1.807, 2.05) is 17.0 Å². The highest BCUT2D eigenvalue weighted by Gasteiger charge is 2.30. The molecule has 0 radical (unpaired) electrons. The molecule has 3 rings (SSSR count). The van der Waals surface area contributed by atoms with E-state index < -0.39 is 9.84 Å². The number of likely N-dealkylation sites (tertiary alicyclic amines) is 1. The van der Waals surface area contributed by atoms with Gasteiger partial charge in [-0.1, -0.05) is 24.3 Å². The molecule has 0 saturated carbocycles. The second kappa shape index (κ2) is 8.78. The van der Waals surface area contributed by atoms with E-state index in [0.29, 0.717) is 25.2 Å². The molecule has 1 aliphatic rings. The number of hydrogen-bond donors (Lipinski definition) is 0. The topological polar surface area (TPSA) is 63.7 Å². The Morgan fingerprint density at radius 3 is 2.54 bits per heavy atom. The zero-order valence-corrected chi connectivity index (χ0v) is 17.2. The van der Waals surface area contributed by atoms with Crippen molar-refractivity contribution in [3.05, 3.63) is 59.7 Å². The molecule has 1 unspecified atom stereocenters. The fourth-order valence-corrected chi connectivity index (χ4v) is 4.32. The Labute approximate surface area is 167 Å². The van der Waals surface area contributed by atoms with Crippen molar-refractivity contribution in [2.45, 2.75) is 43.5 Å². The molecule has 0 bridgehead atoms. The van der Waals surface area contributed by atoms with Gasteiger partial charge in [0, 0.05) is 19.2 Å². The molecule has 150 valence electrons. The zero-order valence-electron chi connectivity index (χ0n) is 16.4. The lowest BCUT2D eigenvalue weighted by Crippen LogP contribution is -2.31. The third kappa shape index (κ3) is 4.93. The SMILES string of the molecule is Cc1ccccc1C1CCCN1C(=O)CCCOc1ccc(S(C)(=O)=O)cc1. The molecule has 28 heavy (non-hydrogen) atoms. The maximum absolute atomic E-state index is 12.7. The smallest absolute Gasteiger partial charge is 0.223 e. The third-order valence-electron chi connectivity index (χ3n) is 5.18. The van der Waals surface area contributed by atoms with E-state index in [4.69, 9.17) is 4.74 Å². The van der Waals surface area contributed by atoms with Crippen LogP contribution in [-0.2, 0) is 14.6 Å². The number of nitrogens with zero attached hydrogens (tertiary/aromatic N) is 1. The average molecular weight is 402 g/mol. The van der Waals surface area contributed by atoms with Gasteiger partial charge >= 0.3 is 0 Å². The van der Waals surface area contributed by atoms with E-state index in [9.17, 15) is 13.2 Å². The summed E-state index contributed by atoms with van der Waals surface area (Å²) in [5.74, 6) is 0.778. The van der Waals surface area contributed by atoms with Gasteiger partial charge in [0.25, 0.3) is 0 Å². The molecule has 0 N–H and O–H groups in total. The van der Waals surface area contributed by atoms with Crippen LogP contribution in [0, 0.1) is 6.92 Å². The van der Waals surface area contributed by atoms with Gasteiger partial charge in [0.05, 0.1) is 17.5 Å². The van der Waals surface area contributed by atoms with E-state index in [0.717, 1.165) is 19.4 Å². The van der Waals surface area contributed by atoms with Gasteiger partial charge in [-0.15, -0.1) is 0 Å². The highest BCUT2D eigenvalue weighted by atomic mass is 32.2. The molecule has 6 heteroatoms. The molecule has 1 amide bonds. The van der Waals surface area contributed by atoms with Gasteiger partial charge in [-0.3, -0.25) is 4.79 Å². The second-order valence-electron chi connectivity index (χ2n) is 7.30. The maximum atomic E-state index is 12.7. The van der Waals surface area contributed by atoms with Crippen molar-refractivity contribution >= 4 is 15.7 Å². The quantitative estimate of drug-likeness (QED) is 0.660. The van der Waals surface area contributed by atoms with Crippen LogP contribution in [0.2, 0.25) is 0 Å². The Kier molecular flexibility index (Phi) is 6.39. The monoisotopic (exact) mass is 401 g/mol. The fourth-order valence-electron chi connectivity index (χ4n) is 3.69. The van der Waals surface area contributed by atoms with Crippen LogP contribution < -0.4 is 4.74 Å². The summed E-state index contributed by atoms with van der Waals surface area (Å²) in [7, 11) is -3.20. The number of carbonyl (C=O) groups excluding carboxylic acids is 1. The normalized spacial score (nSPS) is 16.9. The molecule has 2 aromatic rings. The van der Waals surface area contributed by atoms with Crippen LogP contribution in [0.1, 0.15) is 42.9 Å². The van der Waals surface area contributed by atoms with E-state index in [1.54, 1.807) is 12.1 Å². The number of benzene rings is 2. The van der Waals surface area contributed by atoms with Crippen molar-refractivity contribution in [2.24, 2.45) is 0 Å². The fraction of sp³-hybridized carbons (Fsp3) is 0.409. The minimum atomic E-state index is -3.20. The van der Waals surface area contributed by atoms with Crippen LogP contribution >= 0.6 is 0 Å². The van der Waals surface area contributed by atoms with Crippen molar-refractivity contribution < 1.29 is 17.9 Å². The molecule has 1 fully saturated rings. The lowest BCUT2D eigenvalue weighted by atomic mass is 9.99. The van der Waals surface area contributed by atoms with E-state index in [1.165, 1.54) is 29.5 Å². The number of ether oxygens (including phenoxy) is 1. The highest BCUT2D eigenvalue weighted by molar-refractivity contribution is 7.90. The summed E-state index contributed by atoms with van der Waals surface area (Å²) in [6.45, 7) is 3.33. The van der Waals surface area contributed by atoms with E-state index >= 15 is 0 Å². The van der Waals surface area contributed by atoms with Gasteiger partial charge in [0.1, 0.15) is 5.75 Å². The highest BCUT2D eigenvalue weighted by Crippen LogP contribution is 2.34. The molecule has 1 saturated heterocycles. The van der Waals surface area contributed by atoms with Gasteiger partial charge in [-0.25, -0.2) is 8.42 Å². The molecule has 0 aromatic heterocycles. The first kappa shape index (κ1) is 20.4. The van der Waals surface area contributed by atoms with Crippen LogP contribution in [0.15, 0.2) is 53.4 Å². The molecule has 1 heterocycles. The number of rotatable bonds is 7. The summed E-state index contributed by atoms with van der Waals surface area (Å²) in [5.41, 5.74) is 2.48. The van der Waals surface area contributed by atoms with Gasteiger partial charge in [0.15, 0.2) is 9.84 Å². The summed E-state index contributed by atoms with van der Waals surface area (Å²) in [5, 5.41) is 0. The molecule has 2 aromatic carbocycles. The summed E-state index contributed by atoms with van der Waals surface area (Å²) >= 11 is 0. The predicted molar refractivity (Wildman–Crippen MR) is 109 cm³/mol. The first-order valence-electron chi connectivity index (χ1n) is 9.64. The first-order valence-corrected chi connectivity index (χ1v) is 11.5. The van der Waals surface area contributed by atoms with E-state index in [-0.39, 0.29) is 16.8 Å². The Hall–Kier alpha value is -2.34. The lowest BCUT2D eigenvalue weighted by Gasteiger charge is -2.26. The van der Waals surface area contributed by atoms with Crippen molar-refractivity contribution in [3.8, 4) is 5.75 Å². The summed E-state index contributed by atoms with van der Waals surface area (Å²) < 4.78 is 28.6. The van der Waals surface area contributed by atoms with Crippen LogP contribution in [0.5, 0.6) is 5.75 Å². The predicted octanol–water partition coefficient (Wildman–Crippen LogP) is 3.92. The molecule has 0 spiro atoms. The lowest BCUT2D eigenvalue weighted by molar-refractivity contribution is -0.132. The Balaban J connectivity index is 1.49. The van der Waals surface area contributed by atoms with Crippen LogP contribution in [0.4, 0.5) is 0 Å². The van der Waals surface area contributed by atoms with Gasteiger partial charge in [-0.2, -0.15) is 0 Å². The van der Waals surface area contributed by atoms with Crippen LogP contribution in [0.3, 0.4) is 0 Å². The van der Waals surface area contributed by atoms with Gasteiger partial charge in [0.2, 0.25) is 5.91 Å². The van der Waals surface area contributed by atoms with Gasteiger partial charge < -0.3 is 9.64 Å². The Bertz CT molecular complexity index is 922. The van der Waals surface area contributed by atoms with Crippen LogP contribution in [0.25, 0.3) is 0 Å². The number of amides is 1. The minimum Gasteiger partial charge on any atom is -0.494 e. The van der Waals surface area contributed by atoms with E-state index in [2.05, 4.69) is 19.1 Å². The first-order chi connectivity index (χ1) is 13.4. The third-order valence-corrected chi connectivity index (χ3v) is 6.30. The second-order valence-corrected chi connectivity index (χ2v) is 9.31. The summed E-state index contributed by atoms with van der Waals surface area (Å²) in [4.78, 5) is 15.0. The molecular weight excluding hydrogens is 374 g/mol. The summed E-state index contributed by atoms with van der Waals surface area (Å²) in [6, 6.07) is 14.8. The van der Waals surface area contributed by atoms with Crippen molar-refractivity contribution in [2.75, 3.05) is 19.4 Å². The number of carbonyl (C=O) groups is 1. The minimum absolute atomic E-state index is 0.168. The van der Waals surface area contributed by atoms with Crippen molar-refractivity contribution in [3.63, 3.8) is 0 Å². The molecule has 5 nitrogen and oxygen atoms in total. The van der Waals surface area contributed by atoms with Gasteiger partial charge in [-0.05, 0) is 61.6 Å². The molecular formula is C22H27NO4S. The number of aryl methyl sites for hydroxylation is 1. The van der Waals surface area contributed by atoms with Crippen molar-refractivity contribution in [1.29, 1.82) is 0 Å². The standard InChI is InChI=1S/C22H27NO4S/c1-17-7-3-4-8-20(17)21-9-5-15-23(21)22(24)10-6-16-27-18-11-13-19(14-12-18)28(2,25)26/h3-4,7-8,11-14,21H,5-6,9-10,15-16H2,1-2H3. The molecule has 1 atom stereocenters. The zero-order chi connectivity index (χ0) is 20.1. The Morgan fingerprint density at radius 1 is 1.14 bits per heavy atom. The number of sulfone groups is 1. The summed E-state index contributed by atoms with van der Waals surface area (Å²) in [6.07, 6.45) is 4.30. The van der Waals surface area contributed by atoms with Crippen molar-refractivity contribution in [1.82, 2.24) is 4.90 Å². The average Bonchev–Trinajstić information content (AvgIpc) is 3.15. The van der Waals surface area contributed by atoms with Crippen LogP contribution in [-0.4, -0.2) is 38.6 Å². The number of hydrogen-bond acceptors (Lipinski definition) is 4. The molecule has 1 aliphatic heterocycles. The molecule has 0 aliphatic carbocycles.